The maximum atomic E-state index is 14.0. The normalized spacial score (nSPS) is 33.2. The van der Waals surface area contributed by atoms with Crippen LogP contribution in [0.15, 0.2) is 0 Å². The fraction of sp³-hybridized carbons (Fsp3) is 1.00. The number of alkyl halides is 1. The second-order valence-corrected chi connectivity index (χ2v) is 3.59. The van der Waals surface area contributed by atoms with E-state index in [1.54, 1.807) is 0 Å². The lowest BCUT2D eigenvalue weighted by molar-refractivity contribution is 0.0814. The Morgan fingerprint density at radius 3 is 2.92 bits per heavy atom. The summed E-state index contributed by atoms with van der Waals surface area (Å²) in [5.41, 5.74) is -1.03. The first-order valence-electron chi connectivity index (χ1n) is 4.82. The molecule has 0 radical (unpaired) electrons. The van der Waals surface area contributed by atoms with Gasteiger partial charge >= 0.3 is 0 Å². The van der Waals surface area contributed by atoms with Gasteiger partial charge in [-0.2, -0.15) is 0 Å². The van der Waals surface area contributed by atoms with Crippen LogP contribution in [-0.4, -0.2) is 31.3 Å². The highest BCUT2D eigenvalue weighted by atomic mass is 19.1. The van der Waals surface area contributed by atoms with E-state index in [-0.39, 0.29) is 6.04 Å². The van der Waals surface area contributed by atoms with Crippen molar-refractivity contribution < 1.29 is 4.39 Å². The predicted octanol–water partition coefficient (Wildman–Crippen LogP) is 1.08. The maximum absolute atomic E-state index is 14.0. The molecular formula is C9H19FN2. The van der Waals surface area contributed by atoms with Crippen molar-refractivity contribution in [3.63, 3.8) is 0 Å². The molecule has 0 aromatic heterocycles. The molecule has 2 N–H and O–H groups in total. The molecule has 2 atom stereocenters. The van der Waals surface area contributed by atoms with Gasteiger partial charge in [0.1, 0.15) is 5.67 Å². The summed E-state index contributed by atoms with van der Waals surface area (Å²) in [6.07, 6.45) is 1.64. The minimum Gasteiger partial charge on any atom is -0.313 e. The van der Waals surface area contributed by atoms with E-state index < -0.39 is 5.67 Å². The van der Waals surface area contributed by atoms with Crippen LogP contribution in [-0.2, 0) is 0 Å². The molecule has 1 rings (SSSR count). The van der Waals surface area contributed by atoms with Crippen molar-refractivity contribution in [2.24, 2.45) is 0 Å². The van der Waals surface area contributed by atoms with Crippen LogP contribution in [0, 0.1) is 0 Å². The average Bonchev–Trinajstić information content (AvgIpc) is 2.06. The lowest BCUT2D eigenvalue weighted by Crippen LogP contribution is -2.54. The zero-order valence-electron chi connectivity index (χ0n) is 7.99. The van der Waals surface area contributed by atoms with E-state index in [4.69, 9.17) is 0 Å². The molecule has 0 aliphatic carbocycles. The minimum absolute atomic E-state index is 0.0321. The Hall–Kier alpha value is -0.150. The van der Waals surface area contributed by atoms with Crippen LogP contribution >= 0.6 is 0 Å². The quantitative estimate of drug-likeness (QED) is 0.669. The second kappa shape index (κ2) is 4.19. The third-order valence-corrected chi connectivity index (χ3v) is 2.65. The number of nitrogens with one attached hydrogen (secondary N) is 2. The Labute approximate surface area is 73.9 Å². The molecule has 0 aromatic rings. The number of hydrogen-bond acceptors (Lipinski definition) is 2. The SMILES string of the molecule is CCNC(C)C1(F)CCCNC1. The van der Waals surface area contributed by atoms with Gasteiger partial charge in [0.15, 0.2) is 0 Å². The molecule has 0 saturated carbocycles. The van der Waals surface area contributed by atoms with Gasteiger partial charge in [0.25, 0.3) is 0 Å². The molecule has 0 spiro atoms. The van der Waals surface area contributed by atoms with Gasteiger partial charge < -0.3 is 10.6 Å². The number of halogens is 1. The summed E-state index contributed by atoms with van der Waals surface area (Å²) in [7, 11) is 0. The van der Waals surface area contributed by atoms with Gasteiger partial charge in [-0.1, -0.05) is 6.92 Å². The smallest absolute Gasteiger partial charge is 0.138 e. The first kappa shape index (κ1) is 9.93. The Morgan fingerprint density at radius 1 is 1.67 bits per heavy atom. The Morgan fingerprint density at radius 2 is 2.42 bits per heavy atom. The molecule has 0 amide bonds. The summed E-state index contributed by atoms with van der Waals surface area (Å²) < 4.78 is 14.0. The van der Waals surface area contributed by atoms with Crippen LogP contribution < -0.4 is 10.6 Å². The van der Waals surface area contributed by atoms with Crippen molar-refractivity contribution in [2.45, 2.75) is 38.4 Å². The van der Waals surface area contributed by atoms with Gasteiger partial charge in [-0.05, 0) is 32.9 Å². The standard InChI is InChI=1S/C9H19FN2/c1-3-12-8(2)9(10)5-4-6-11-7-9/h8,11-12H,3-7H2,1-2H3. The summed E-state index contributed by atoms with van der Waals surface area (Å²) in [6.45, 7) is 6.24. The molecule has 1 aliphatic rings. The second-order valence-electron chi connectivity index (χ2n) is 3.59. The third kappa shape index (κ3) is 2.17. The summed E-state index contributed by atoms with van der Waals surface area (Å²) in [4.78, 5) is 0. The zero-order chi connectivity index (χ0) is 9.03. The topological polar surface area (TPSA) is 24.1 Å². The molecule has 2 unspecified atom stereocenters. The van der Waals surface area contributed by atoms with E-state index in [0.717, 1.165) is 19.5 Å². The number of hydrogen-bond donors (Lipinski definition) is 2. The zero-order valence-corrected chi connectivity index (χ0v) is 7.99. The average molecular weight is 174 g/mol. The number of piperidine rings is 1. The van der Waals surface area contributed by atoms with Gasteiger partial charge in [0.2, 0.25) is 0 Å². The van der Waals surface area contributed by atoms with Crippen molar-refractivity contribution in [2.75, 3.05) is 19.6 Å². The van der Waals surface area contributed by atoms with Crippen molar-refractivity contribution in [1.29, 1.82) is 0 Å². The van der Waals surface area contributed by atoms with E-state index in [1.807, 2.05) is 13.8 Å². The molecule has 12 heavy (non-hydrogen) atoms. The minimum atomic E-state index is -1.03. The van der Waals surface area contributed by atoms with Crippen LogP contribution in [0.25, 0.3) is 0 Å². The van der Waals surface area contributed by atoms with Gasteiger partial charge in [0, 0.05) is 12.6 Å². The number of rotatable bonds is 3. The monoisotopic (exact) mass is 174 g/mol. The Balaban J connectivity index is 2.44. The molecule has 1 fully saturated rings. The van der Waals surface area contributed by atoms with E-state index in [2.05, 4.69) is 10.6 Å². The summed E-state index contributed by atoms with van der Waals surface area (Å²) >= 11 is 0. The fourth-order valence-corrected chi connectivity index (χ4v) is 1.75. The summed E-state index contributed by atoms with van der Waals surface area (Å²) in [6, 6.07) is -0.0321. The highest BCUT2D eigenvalue weighted by Gasteiger charge is 2.36. The third-order valence-electron chi connectivity index (χ3n) is 2.65. The summed E-state index contributed by atoms with van der Waals surface area (Å²) in [5.74, 6) is 0. The van der Waals surface area contributed by atoms with Gasteiger partial charge in [-0.25, -0.2) is 4.39 Å². The first-order chi connectivity index (χ1) is 5.69. The van der Waals surface area contributed by atoms with Crippen LogP contribution in [0.4, 0.5) is 4.39 Å². The van der Waals surface area contributed by atoms with Gasteiger partial charge in [0.05, 0.1) is 0 Å². The molecule has 0 bridgehead atoms. The molecule has 72 valence electrons. The van der Waals surface area contributed by atoms with E-state index >= 15 is 0 Å². The Bertz CT molecular complexity index is 132. The highest BCUT2D eigenvalue weighted by molar-refractivity contribution is 4.93. The largest absolute Gasteiger partial charge is 0.313 e. The van der Waals surface area contributed by atoms with Crippen molar-refractivity contribution >= 4 is 0 Å². The first-order valence-corrected chi connectivity index (χ1v) is 4.82. The van der Waals surface area contributed by atoms with Gasteiger partial charge in [-0.3, -0.25) is 0 Å². The van der Waals surface area contributed by atoms with Crippen molar-refractivity contribution in [3.05, 3.63) is 0 Å². The lowest BCUT2D eigenvalue weighted by atomic mass is 9.89. The summed E-state index contributed by atoms with van der Waals surface area (Å²) in [5, 5.41) is 6.24. The highest BCUT2D eigenvalue weighted by Crippen LogP contribution is 2.24. The molecular weight excluding hydrogens is 155 g/mol. The molecule has 1 heterocycles. The van der Waals surface area contributed by atoms with Crippen LogP contribution in [0.3, 0.4) is 0 Å². The Kier molecular flexibility index (Phi) is 3.47. The molecule has 1 aliphatic heterocycles. The maximum Gasteiger partial charge on any atom is 0.138 e. The molecule has 0 aromatic carbocycles. The van der Waals surface area contributed by atoms with Crippen LogP contribution in [0.2, 0.25) is 0 Å². The van der Waals surface area contributed by atoms with Crippen molar-refractivity contribution in [1.82, 2.24) is 10.6 Å². The molecule has 2 nitrogen and oxygen atoms in total. The van der Waals surface area contributed by atoms with Crippen LogP contribution in [0.1, 0.15) is 26.7 Å². The lowest BCUT2D eigenvalue weighted by Gasteiger charge is -2.35. The van der Waals surface area contributed by atoms with Crippen LogP contribution in [0.5, 0.6) is 0 Å². The predicted molar refractivity (Wildman–Crippen MR) is 49.1 cm³/mol. The van der Waals surface area contributed by atoms with E-state index in [0.29, 0.717) is 13.0 Å². The van der Waals surface area contributed by atoms with Crippen molar-refractivity contribution in [3.8, 4) is 0 Å². The van der Waals surface area contributed by atoms with Gasteiger partial charge in [-0.15, -0.1) is 0 Å². The molecule has 3 heteroatoms. The molecule has 1 saturated heterocycles. The van der Waals surface area contributed by atoms with E-state index in [1.165, 1.54) is 0 Å². The fourth-order valence-electron chi connectivity index (χ4n) is 1.75. The van der Waals surface area contributed by atoms with E-state index in [9.17, 15) is 4.39 Å².